The van der Waals surface area contributed by atoms with Crippen molar-refractivity contribution in [3.63, 3.8) is 0 Å². The average Bonchev–Trinajstić information content (AvgIpc) is 3.10. The highest BCUT2D eigenvalue weighted by atomic mass is 16.5. The number of aryl methyl sites for hydroxylation is 2. The van der Waals surface area contributed by atoms with Gasteiger partial charge in [0.1, 0.15) is 40.8 Å². The lowest BCUT2D eigenvalue weighted by Crippen LogP contribution is -2.35. The van der Waals surface area contributed by atoms with Gasteiger partial charge in [0.05, 0.1) is 54.7 Å². The van der Waals surface area contributed by atoms with Crippen molar-refractivity contribution in [2.75, 3.05) is 42.7 Å². The molecule has 0 unspecified atom stereocenters. The SMILES string of the molecule is COc1ccc([C@H]2Oc3c(c(OC)cc(C)c3[C@@H]3C(=O)c4c(OC)cc(C)cc4O[C@@H]3c3ccc(OC)c(OC)c3)C[C@@H]2O)cc1OC. The van der Waals surface area contributed by atoms with Crippen LogP contribution in [0.5, 0.6) is 46.0 Å². The Hall–Kier alpha value is -5.09. The number of carbonyl (C=O) groups excluding carboxylic acids is 1. The summed E-state index contributed by atoms with van der Waals surface area (Å²) in [6.07, 6.45) is -2.29. The third-order valence-electron chi connectivity index (χ3n) is 9.12. The van der Waals surface area contributed by atoms with Crippen molar-refractivity contribution in [2.45, 2.75) is 44.5 Å². The minimum Gasteiger partial charge on any atom is -0.496 e. The second kappa shape index (κ2) is 13.2. The zero-order valence-electron chi connectivity index (χ0n) is 28.3. The van der Waals surface area contributed by atoms with E-state index in [2.05, 4.69) is 0 Å². The molecule has 2 aliphatic heterocycles. The van der Waals surface area contributed by atoms with E-state index in [-0.39, 0.29) is 12.2 Å². The van der Waals surface area contributed by atoms with Gasteiger partial charge < -0.3 is 43.0 Å². The smallest absolute Gasteiger partial charge is 0.182 e. The van der Waals surface area contributed by atoms with Crippen LogP contribution in [-0.2, 0) is 6.42 Å². The molecule has 2 heterocycles. The first-order valence-corrected chi connectivity index (χ1v) is 15.6. The number of ether oxygens (including phenoxy) is 8. The summed E-state index contributed by atoms with van der Waals surface area (Å²) in [5, 5.41) is 11.5. The van der Waals surface area contributed by atoms with Crippen LogP contribution in [-0.4, -0.2) is 59.7 Å². The van der Waals surface area contributed by atoms with Gasteiger partial charge in [-0.3, -0.25) is 4.79 Å². The normalized spacial score (nSPS) is 19.6. The van der Waals surface area contributed by atoms with Crippen molar-refractivity contribution in [3.05, 3.63) is 93.5 Å². The van der Waals surface area contributed by atoms with Gasteiger partial charge in [-0.1, -0.05) is 12.1 Å². The Morgan fingerprint density at radius 3 is 1.77 bits per heavy atom. The van der Waals surface area contributed by atoms with E-state index in [4.69, 9.17) is 37.9 Å². The number of carbonyl (C=O) groups is 1. The van der Waals surface area contributed by atoms with Gasteiger partial charge in [0.2, 0.25) is 0 Å². The zero-order chi connectivity index (χ0) is 34.3. The maximum Gasteiger partial charge on any atom is 0.182 e. The highest BCUT2D eigenvalue weighted by Gasteiger charge is 2.46. The number of methoxy groups -OCH3 is 6. The second-order valence-electron chi connectivity index (χ2n) is 11.9. The lowest BCUT2D eigenvalue weighted by atomic mass is 9.77. The molecule has 0 saturated heterocycles. The van der Waals surface area contributed by atoms with Gasteiger partial charge in [-0.2, -0.15) is 0 Å². The Bertz CT molecular complexity index is 1870. The topological polar surface area (TPSA) is 111 Å². The largest absolute Gasteiger partial charge is 0.496 e. The molecule has 0 spiro atoms. The van der Waals surface area contributed by atoms with Crippen LogP contribution in [0, 0.1) is 13.8 Å². The first-order valence-electron chi connectivity index (χ1n) is 15.6. The predicted molar refractivity (Wildman–Crippen MR) is 178 cm³/mol. The minimum atomic E-state index is -0.927. The summed E-state index contributed by atoms with van der Waals surface area (Å²) in [5.74, 6) is 2.88. The van der Waals surface area contributed by atoms with Crippen molar-refractivity contribution in [2.24, 2.45) is 0 Å². The summed E-state index contributed by atoms with van der Waals surface area (Å²) in [6, 6.07) is 16.4. The lowest BCUT2D eigenvalue weighted by molar-refractivity contribution is 0.0180. The summed E-state index contributed by atoms with van der Waals surface area (Å²) in [6.45, 7) is 3.84. The van der Waals surface area contributed by atoms with E-state index in [9.17, 15) is 9.90 Å². The number of fused-ring (bicyclic) bond motifs is 2. The zero-order valence-corrected chi connectivity index (χ0v) is 28.3. The molecule has 0 amide bonds. The van der Waals surface area contributed by atoms with Gasteiger partial charge in [-0.05, 0) is 78.6 Å². The first-order chi connectivity index (χ1) is 23.2. The predicted octanol–water partition coefficient (Wildman–Crippen LogP) is 6.49. The Labute approximate surface area is 280 Å². The van der Waals surface area contributed by atoms with Crippen LogP contribution in [0.1, 0.15) is 61.9 Å². The van der Waals surface area contributed by atoms with Crippen LogP contribution < -0.4 is 37.9 Å². The Balaban J connectivity index is 1.58. The molecule has 10 nitrogen and oxygen atoms in total. The van der Waals surface area contributed by atoms with E-state index in [0.29, 0.717) is 73.8 Å². The van der Waals surface area contributed by atoms with Crippen molar-refractivity contribution >= 4 is 5.78 Å². The van der Waals surface area contributed by atoms with E-state index in [1.54, 1.807) is 53.7 Å². The molecular weight excluding hydrogens is 616 g/mol. The number of Topliss-reactive ketones (excluding diaryl/α,β-unsaturated/α-hetero) is 1. The molecular formula is C38H40O10. The molecule has 0 bridgehead atoms. The lowest BCUT2D eigenvalue weighted by Gasteiger charge is -2.39. The molecule has 252 valence electrons. The van der Waals surface area contributed by atoms with Gasteiger partial charge >= 0.3 is 0 Å². The van der Waals surface area contributed by atoms with Crippen LogP contribution in [0.3, 0.4) is 0 Å². The number of hydrogen-bond donors (Lipinski definition) is 1. The number of hydrogen-bond acceptors (Lipinski definition) is 10. The van der Waals surface area contributed by atoms with E-state index >= 15 is 0 Å². The van der Waals surface area contributed by atoms with Crippen molar-refractivity contribution < 1.29 is 47.8 Å². The number of rotatable bonds is 9. The molecule has 4 aromatic carbocycles. The van der Waals surface area contributed by atoms with Crippen molar-refractivity contribution in [1.82, 2.24) is 0 Å². The fourth-order valence-corrected chi connectivity index (χ4v) is 6.84. The van der Waals surface area contributed by atoms with Crippen molar-refractivity contribution in [3.8, 4) is 46.0 Å². The van der Waals surface area contributed by atoms with Crippen LogP contribution in [0.25, 0.3) is 0 Å². The number of aliphatic hydroxyl groups excluding tert-OH is 1. The van der Waals surface area contributed by atoms with Gasteiger partial charge in [0.25, 0.3) is 0 Å². The summed E-state index contributed by atoms with van der Waals surface area (Å²) < 4.78 is 47.2. The van der Waals surface area contributed by atoms with E-state index in [1.807, 2.05) is 50.2 Å². The Kier molecular flexibility index (Phi) is 9.03. The van der Waals surface area contributed by atoms with Gasteiger partial charge in [-0.25, -0.2) is 0 Å². The summed E-state index contributed by atoms with van der Waals surface area (Å²) in [7, 11) is 9.36. The van der Waals surface area contributed by atoms with Gasteiger partial charge in [-0.15, -0.1) is 0 Å². The third-order valence-corrected chi connectivity index (χ3v) is 9.12. The molecule has 10 heteroatoms. The maximum atomic E-state index is 14.9. The maximum absolute atomic E-state index is 14.9. The minimum absolute atomic E-state index is 0.194. The second-order valence-corrected chi connectivity index (χ2v) is 11.9. The molecule has 0 aliphatic carbocycles. The van der Waals surface area contributed by atoms with Gasteiger partial charge in [0, 0.05) is 17.5 Å². The molecule has 0 fully saturated rings. The summed E-state index contributed by atoms with van der Waals surface area (Å²) >= 11 is 0. The molecule has 0 saturated carbocycles. The average molecular weight is 657 g/mol. The highest BCUT2D eigenvalue weighted by Crippen LogP contribution is 2.54. The molecule has 4 aromatic rings. The molecule has 2 aliphatic rings. The van der Waals surface area contributed by atoms with Gasteiger partial charge in [0.15, 0.2) is 28.8 Å². The summed E-state index contributed by atoms with van der Waals surface area (Å²) in [4.78, 5) is 14.9. The van der Waals surface area contributed by atoms with E-state index in [0.717, 1.165) is 11.1 Å². The fourth-order valence-electron chi connectivity index (χ4n) is 6.84. The molecule has 6 rings (SSSR count). The van der Waals surface area contributed by atoms with Crippen LogP contribution >= 0.6 is 0 Å². The van der Waals surface area contributed by atoms with Crippen LogP contribution in [0.4, 0.5) is 0 Å². The molecule has 1 N–H and O–H groups in total. The number of aliphatic hydroxyl groups is 1. The first kappa shape index (κ1) is 32.8. The monoisotopic (exact) mass is 656 g/mol. The number of ketones is 1. The van der Waals surface area contributed by atoms with Crippen molar-refractivity contribution in [1.29, 1.82) is 0 Å². The molecule has 0 aromatic heterocycles. The summed E-state index contributed by atoms with van der Waals surface area (Å²) in [5.41, 5.74) is 4.66. The Morgan fingerprint density at radius 1 is 0.646 bits per heavy atom. The van der Waals surface area contributed by atoms with Crippen LogP contribution in [0.15, 0.2) is 54.6 Å². The molecule has 4 atom stereocenters. The standard InChI is InChI=1S/C38H40O10/c1-19-13-30(46-8)33-31(14-19)47-37(22-10-12-26(42-4)29(17-22)45-7)34(35(33)40)32-20(2)15-27(43-5)23-18-24(39)36(48-38(23)32)21-9-11-25(41-3)28(16-21)44-6/h9-17,24,34,36-37,39H,18H2,1-8H3/t24-,34+,36+,37+/m0/s1. The molecule has 48 heavy (non-hydrogen) atoms. The van der Waals surface area contributed by atoms with E-state index < -0.39 is 24.2 Å². The quantitative estimate of drug-likeness (QED) is 0.215. The van der Waals surface area contributed by atoms with E-state index in [1.165, 1.54) is 7.11 Å². The fraction of sp³-hybridized carbons (Fsp3) is 0.342. The number of benzene rings is 4. The van der Waals surface area contributed by atoms with Crippen LogP contribution in [0.2, 0.25) is 0 Å². The third kappa shape index (κ3) is 5.49. The molecule has 0 radical (unpaired) electrons. The highest BCUT2D eigenvalue weighted by molar-refractivity contribution is 6.07. The Morgan fingerprint density at radius 2 is 1.21 bits per heavy atom.